The smallest absolute Gasteiger partial charge is 0.251 e. The zero-order valence-electron chi connectivity index (χ0n) is 16.0. The molecule has 0 aromatic heterocycles. The van der Waals surface area contributed by atoms with E-state index in [1.165, 1.54) is 32.1 Å². The molecule has 150 valence electrons. The summed E-state index contributed by atoms with van der Waals surface area (Å²) in [5, 5.41) is 2.92. The van der Waals surface area contributed by atoms with Crippen LogP contribution in [0.15, 0.2) is 36.4 Å². The molecule has 0 spiro atoms. The van der Waals surface area contributed by atoms with Crippen molar-refractivity contribution < 1.29 is 18.7 Å². The quantitative estimate of drug-likeness (QED) is 0.728. The Morgan fingerprint density at radius 3 is 2.57 bits per heavy atom. The minimum Gasteiger partial charge on any atom is -0.493 e. The highest BCUT2D eigenvalue weighted by atomic mass is 19.1. The maximum absolute atomic E-state index is 14.2. The number of hydrogen-bond donors (Lipinski definition) is 2. The molecule has 0 aliphatic carbocycles. The molecule has 7 heteroatoms. The summed E-state index contributed by atoms with van der Waals surface area (Å²) in [4.78, 5) is 14.8. The van der Waals surface area contributed by atoms with Crippen molar-refractivity contribution in [2.75, 3.05) is 33.3 Å². The molecule has 0 radical (unpaired) electrons. The molecule has 2 aromatic carbocycles. The number of hydrogen-bond acceptors (Lipinski definition) is 5. The summed E-state index contributed by atoms with van der Waals surface area (Å²) >= 11 is 0. The molecule has 0 unspecified atom stereocenters. The lowest BCUT2D eigenvalue weighted by molar-refractivity contribution is 0.0949. The van der Waals surface area contributed by atoms with Crippen molar-refractivity contribution in [2.24, 2.45) is 5.73 Å². The van der Waals surface area contributed by atoms with Gasteiger partial charge in [-0.3, -0.25) is 4.79 Å². The topological polar surface area (TPSA) is 76.8 Å². The number of methoxy groups -OCH3 is 1. The van der Waals surface area contributed by atoms with Crippen molar-refractivity contribution in [3.05, 3.63) is 53.3 Å². The average Bonchev–Trinajstić information content (AvgIpc) is 3.22. The molecular formula is C21H26FN3O3. The normalized spacial score (nSPS) is 14.1. The van der Waals surface area contributed by atoms with Crippen molar-refractivity contribution in [1.82, 2.24) is 10.2 Å². The Kier molecular flexibility index (Phi) is 6.84. The Hall–Kier alpha value is -2.64. The van der Waals surface area contributed by atoms with E-state index in [1.807, 2.05) is 0 Å². The number of amides is 1. The van der Waals surface area contributed by atoms with Gasteiger partial charge in [0.25, 0.3) is 5.91 Å². The third-order valence-electron chi connectivity index (χ3n) is 4.79. The molecule has 2 aromatic rings. The second kappa shape index (κ2) is 9.52. The molecule has 1 amide bonds. The van der Waals surface area contributed by atoms with E-state index in [9.17, 15) is 9.18 Å². The highest BCUT2D eigenvalue weighted by Crippen LogP contribution is 2.33. The second-order valence-electron chi connectivity index (χ2n) is 6.74. The van der Waals surface area contributed by atoms with Crippen LogP contribution in [0.3, 0.4) is 0 Å². The number of ether oxygens (including phenoxy) is 2. The summed E-state index contributed by atoms with van der Waals surface area (Å²) in [7, 11) is 1.49. The fourth-order valence-electron chi connectivity index (χ4n) is 3.21. The predicted molar refractivity (Wildman–Crippen MR) is 105 cm³/mol. The molecule has 28 heavy (non-hydrogen) atoms. The second-order valence-corrected chi connectivity index (χ2v) is 6.74. The van der Waals surface area contributed by atoms with E-state index in [2.05, 4.69) is 10.2 Å². The standard InChI is InChI=1S/C21H26FN3O3/c1-27-19-7-5-16(21(26)24-8-11-25-9-2-3-10-25)13-20(19)28-18-6-4-15(14-23)12-17(18)22/h4-7,12-13H,2-3,8-11,14,23H2,1H3,(H,24,26). The van der Waals surface area contributed by atoms with Crippen molar-refractivity contribution in [2.45, 2.75) is 19.4 Å². The summed E-state index contributed by atoms with van der Waals surface area (Å²) in [5.74, 6) is 0.00298. The summed E-state index contributed by atoms with van der Waals surface area (Å²) in [6.07, 6.45) is 2.44. The van der Waals surface area contributed by atoms with Gasteiger partial charge in [0.05, 0.1) is 7.11 Å². The van der Waals surface area contributed by atoms with Crippen LogP contribution in [0.1, 0.15) is 28.8 Å². The van der Waals surface area contributed by atoms with Gasteiger partial charge >= 0.3 is 0 Å². The summed E-state index contributed by atoms with van der Waals surface area (Å²) in [6.45, 7) is 3.84. The van der Waals surface area contributed by atoms with Crippen LogP contribution in [-0.4, -0.2) is 44.1 Å². The summed E-state index contributed by atoms with van der Waals surface area (Å²) in [5.41, 5.74) is 6.62. The first-order valence-corrected chi connectivity index (χ1v) is 9.45. The maximum atomic E-state index is 14.2. The molecule has 1 heterocycles. The fourth-order valence-corrected chi connectivity index (χ4v) is 3.21. The van der Waals surface area contributed by atoms with Crippen molar-refractivity contribution in [3.8, 4) is 17.2 Å². The molecule has 1 saturated heterocycles. The van der Waals surface area contributed by atoms with Crippen LogP contribution in [0.2, 0.25) is 0 Å². The number of nitrogens with two attached hydrogens (primary N) is 1. The number of nitrogens with one attached hydrogen (secondary N) is 1. The van der Waals surface area contributed by atoms with Crippen LogP contribution >= 0.6 is 0 Å². The lowest BCUT2D eigenvalue weighted by Gasteiger charge is -2.15. The van der Waals surface area contributed by atoms with Crippen LogP contribution in [0.5, 0.6) is 17.2 Å². The lowest BCUT2D eigenvalue weighted by atomic mass is 10.1. The number of rotatable bonds is 8. The molecule has 6 nitrogen and oxygen atoms in total. The number of benzene rings is 2. The van der Waals surface area contributed by atoms with Gasteiger partial charge in [-0.25, -0.2) is 4.39 Å². The van der Waals surface area contributed by atoms with Crippen LogP contribution < -0.4 is 20.5 Å². The Bertz CT molecular complexity index is 823. The summed E-state index contributed by atoms with van der Waals surface area (Å²) < 4.78 is 25.2. The first-order chi connectivity index (χ1) is 13.6. The SMILES string of the molecule is COc1ccc(C(=O)NCCN2CCCC2)cc1Oc1ccc(CN)cc1F. The average molecular weight is 387 g/mol. The largest absolute Gasteiger partial charge is 0.493 e. The minimum atomic E-state index is -0.523. The Labute approximate surface area is 164 Å². The third kappa shape index (κ3) is 4.99. The fraction of sp³-hybridized carbons (Fsp3) is 0.381. The summed E-state index contributed by atoms with van der Waals surface area (Å²) in [6, 6.07) is 9.39. The van der Waals surface area contributed by atoms with Crippen molar-refractivity contribution in [3.63, 3.8) is 0 Å². The Morgan fingerprint density at radius 2 is 1.89 bits per heavy atom. The number of carbonyl (C=O) groups is 1. The molecule has 0 bridgehead atoms. The van der Waals surface area contributed by atoms with Crippen LogP contribution in [0.4, 0.5) is 4.39 Å². The van der Waals surface area contributed by atoms with E-state index in [1.54, 1.807) is 24.3 Å². The Balaban J connectivity index is 1.69. The number of carbonyl (C=O) groups excluding carboxylic acids is 1. The van der Waals surface area contributed by atoms with Gasteiger partial charge < -0.3 is 25.4 Å². The monoisotopic (exact) mass is 387 g/mol. The van der Waals surface area contributed by atoms with Gasteiger partial charge in [0.2, 0.25) is 0 Å². The van der Waals surface area contributed by atoms with Gasteiger partial charge in [-0.15, -0.1) is 0 Å². The number of nitrogens with zero attached hydrogens (tertiary/aromatic N) is 1. The molecular weight excluding hydrogens is 361 g/mol. The highest BCUT2D eigenvalue weighted by Gasteiger charge is 2.15. The van der Waals surface area contributed by atoms with E-state index in [0.717, 1.165) is 19.6 Å². The van der Waals surface area contributed by atoms with Crippen molar-refractivity contribution >= 4 is 5.91 Å². The van der Waals surface area contributed by atoms with E-state index in [4.69, 9.17) is 15.2 Å². The van der Waals surface area contributed by atoms with Crippen LogP contribution in [-0.2, 0) is 6.54 Å². The third-order valence-corrected chi connectivity index (χ3v) is 4.79. The highest BCUT2D eigenvalue weighted by molar-refractivity contribution is 5.94. The number of halogens is 1. The molecule has 1 aliphatic heterocycles. The van der Waals surface area contributed by atoms with E-state index >= 15 is 0 Å². The zero-order valence-corrected chi connectivity index (χ0v) is 16.0. The van der Waals surface area contributed by atoms with Gasteiger partial charge in [0, 0.05) is 25.2 Å². The first-order valence-electron chi connectivity index (χ1n) is 9.45. The minimum absolute atomic E-state index is 0.0436. The van der Waals surface area contributed by atoms with E-state index < -0.39 is 5.82 Å². The van der Waals surface area contributed by atoms with Gasteiger partial charge in [-0.2, -0.15) is 0 Å². The van der Waals surface area contributed by atoms with Gasteiger partial charge in [-0.05, 0) is 61.8 Å². The molecule has 3 N–H and O–H groups in total. The molecule has 1 fully saturated rings. The zero-order chi connectivity index (χ0) is 19.9. The molecule has 1 aliphatic rings. The van der Waals surface area contributed by atoms with E-state index in [0.29, 0.717) is 23.4 Å². The van der Waals surface area contributed by atoms with Gasteiger partial charge in [-0.1, -0.05) is 6.07 Å². The van der Waals surface area contributed by atoms with E-state index in [-0.39, 0.29) is 24.0 Å². The van der Waals surface area contributed by atoms with Gasteiger partial charge in [0.15, 0.2) is 23.1 Å². The number of likely N-dealkylation sites (tertiary alicyclic amines) is 1. The molecule has 3 rings (SSSR count). The van der Waals surface area contributed by atoms with Crippen LogP contribution in [0.25, 0.3) is 0 Å². The first kappa shape index (κ1) is 20.1. The molecule has 0 atom stereocenters. The van der Waals surface area contributed by atoms with Gasteiger partial charge in [0.1, 0.15) is 0 Å². The molecule has 0 saturated carbocycles. The lowest BCUT2D eigenvalue weighted by Crippen LogP contribution is -2.33. The Morgan fingerprint density at radius 1 is 1.14 bits per heavy atom. The van der Waals surface area contributed by atoms with Crippen molar-refractivity contribution in [1.29, 1.82) is 0 Å². The predicted octanol–water partition coefficient (Wildman–Crippen LogP) is 2.91. The maximum Gasteiger partial charge on any atom is 0.251 e. The van der Waals surface area contributed by atoms with Crippen LogP contribution in [0, 0.1) is 5.82 Å².